The molecule has 0 unspecified atom stereocenters. The van der Waals surface area contributed by atoms with Crippen molar-refractivity contribution in [3.05, 3.63) is 48.8 Å². The lowest BCUT2D eigenvalue weighted by atomic mass is 10.2. The molecule has 0 radical (unpaired) electrons. The van der Waals surface area contributed by atoms with Gasteiger partial charge in [0.1, 0.15) is 12.3 Å². The quantitative estimate of drug-likeness (QED) is 0.434. The van der Waals surface area contributed by atoms with Gasteiger partial charge in [0.25, 0.3) is 0 Å². The molecular formula is C15H18N4O3. The van der Waals surface area contributed by atoms with E-state index in [4.69, 9.17) is 9.94 Å². The zero-order valence-corrected chi connectivity index (χ0v) is 12.1. The number of carboxylic acids is 1. The Morgan fingerprint density at radius 2 is 2.23 bits per heavy atom. The Bertz CT molecular complexity index is 597. The second kappa shape index (κ2) is 8.56. The first-order valence-corrected chi connectivity index (χ1v) is 7.02. The van der Waals surface area contributed by atoms with Crippen molar-refractivity contribution in [2.45, 2.75) is 25.8 Å². The summed E-state index contributed by atoms with van der Waals surface area (Å²) in [4.78, 5) is 23.8. The van der Waals surface area contributed by atoms with Gasteiger partial charge in [-0.2, -0.15) is 0 Å². The second-order valence-corrected chi connectivity index (χ2v) is 4.70. The first kappa shape index (κ1) is 15.7. The number of aliphatic carboxylic acids is 1. The number of imidazole rings is 1. The summed E-state index contributed by atoms with van der Waals surface area (Å²) in [6, 6.07) is 3.75. The fourth-order valence-corrected chi connectivity index (χ4v) is 1.83. The smallest absolute Gasteiger partial charge is 0.303 e. The summed E-state index contributed by atoms with van der Waals surface area (Å²) in [5, 5.41) is 12.7. The highest BCUT2D eigenvalue weighted by atomic mass is 16.6. The Hall–Kier alpha value is -2.70. The van der Waals surface area contributed by atoms with Crippen molar-refractivity contribution in [3.8, 4) is 0 Å². The van der Waals surface area contributed by atoms with E-state index < -0.39 is 5.97 Å². The van der Waals surface area contributed by atoms with Crippen molar-refractivity contribution in [3.63, 3.8) is 0 Å². The summed E-state index contributed by atoms with van der Waals surface area (Å²) in [6.45, 7) is 0.918. The molecule has 0 bridgehead atoms. The minimum atomic E-state index is -0.792. The third-order valence-corrected chi connectivity index (χ3v) is 2.94. The fraction of sp³-hybridized carbons (Fsp3) is 0.333. The fourth-order valence-electron chi connectivity index (χ4n) is 1.83. The molecule has 0 saturated heterocycles. The minimum absolute atomic E-state index is 0.150. The highest BCUT2D eigenvalue weighted by molar-refractivity contribution is 5.99. The summed E-state index contributed by atoms with van der Waals surface area (Å²) >= 11 is 0. The van der Waals surface area contributed by atoms with E-state index in [9.17, 15) is 4.79 Å². The number of oxime groups is 1. The van der Waals surface area contributed by atoms with Gasteiger partial charge >= 0.3 is 5.97 Å². The monoisotopic (exact) mass is 302 g/mol. The maximum absolute atomic E-state index is 10.4. The Balaban J connectivity index is 1.92. The molecule has 22 heavy (non-hydrogen) atoms. The Labute approximate surface area is 128 Å². The van der Waals surface area contributed by atoms with Gasteiger partial charge in [-0.3, -0.25) is 9.78 Å². The average Bonchev–Trinajstić information content (AvgIpc) is 3.03. The molecule has 2 heterocycles. The molecule has 116 valence electrons. The van der Waals surface area contributed by atoms with Crippen molar-refractivity contribution >= 4 is 11.7 Å². The molecule has 0 fully saturated rings. The van der Waals surface area contributed by atoms with Gasteiger partial charge in [0, 0.05) is 36.8 Å². The van der Waals surface area contributed by atoms with Gasteiger partial charge in [-0.15, -0.1) is 0 Å². The molecule has 7 heteroatoms. The number of unbranched alkanes of at least 4 members (excludes halogenated alkanes) is 1. The lowest BCUT2D eigenvalue weighted by Crippen LogP contribution is -2.11. The lowest BCUT2D eigenvalue weighted by molar-refractivity contribution is -0.137. The molecular weight excluding hydrogens is 284 g/mol. The van der Waals surface area contributed by atoms with Crippen LogP contribution in [0.5, 0.6) is 0 Å². The summed E-state index contributed by atoms with van der Waals surface area (Å²) < 4.78 is 1.89. The highest BCUT2D eigenvalue weighted by Gasteiger charge is 2.06. The number of pyridine rings is 1. The van der Waals surface area contributed by atoms with Crippen LogP contribution in [0.1, 0.15) is 24.8 Å². The molecule has 0 aromatic carbocycles. The average molecular weight is 302 g/mol. The number of carbonyl (C=O) groups is 1. The third kappa shape index (κ3) is 5.35. The first-order valence-electron chi connectivity index (χ1n) is 7.02. The standard InChI is InChI=1S/C15H18N4O3/c20-15(21)5-1-2-9-22-18-14(11-19-8-7-17-12-19)13-4-3-6-16-10-13/h3-4,6-8,10,12H,1-2,5,9,11H2,(H,20,21)/b18-14-. The molecule has 0 aliphatic rings. The summed E-state index contributed by atoms with van der Waals surface area (Å²) in [6.07, 6.45) is 10.1. The van der Waals surface area contributed by atoms with Crippen LogP contribution in [0.15, 0.2) is 48.4 Å². The topological polar surface area (TPSA) is 89.6 Å². The van der Waals surface area contributed by atoms with Crippen LogP contribution >= 0.6 is 0 Å². The van der Waals surface area contributed by atoms with Crippen LogP contribution in [-0.4, -0.2) is 37.9 Å². The molecule has 2 aromatic rings. The number of rotatable bonds is 9. The van der Waals surface area contributed by atoms with Crippen molar-refractivity contribution in [1.29, 1.82) is 0 Å². The van der Waals surface area contributed by atoms with Crippen LogP contribution in [0.2, 0.25) is 0 Å². The Kier molecular flexibility index (Phi) is 6.10. The van der Waals surface area contributed by atoms with Crippen molar-refractivity contribution in [2.24, 2.45) is 5.16 Å². The van der Waals surface area contributed by atoms with Gasteiger partial charge in [-0.05, 0) is 25.0 Å². The lowest BCUT2D eigenvalue weighted by Gasteiger charge is -2.07. The minimum Gasteiger partial charge on any atom is -0.481 e. The molecule has 7 nitrogen and oxygen atoms in total. The maximum atomic E-state index is 10.4. The molecule has 2 aromatic heterocycles. The number of hydrogen-bond acceptors (Lipinski definition) is 5. The van der Waals surface area contributed by atoms with Gasteiger partial charge < -0.3 is 14.5 Å². The van der Waals surface area contributed by atoms with Crippen molar-refractivity contribution in [2.75, 3.05) is 6.61 Å². The number of carboxylic acid groups (broad SMARTS) is 1. The normalized spacial score (nSPS) is 11.4. The molecule has 0 amide bonds. The predicted octanol–water partition coefficient (Wildman–Crippen LogP) is 1.95. The number of nitrogens with zero attached hydrogens (tertiary/aromatic N) is 4. The summed E-state index contributed by atoms with van der Waals surface area (Å²) in [5.74, 6) is -0.792. The van der Waals surface area contributed by atoms with Crippen LogP contribution < -0.4 is 0 Å². The Morgan fingerprint density at radius 1 is 1.32 bits per heavy atom. The van der Waals surface area contributed by atoms with E-state index in [0.29, 0.717) is 26.0 Å². The predicted molar refractivity (Wildman–Crippen MR) is 80.4 cm³/mol. The van der Waals surface area contributed by atoms with E-state index in [1.165, 1.54) is 0 Å². The largest absolute Gasteiger partial charge is 0.481 e. The number of hydrogen-bond donors (Lipinski definition) is 1. The SMILES string of the molecule is O=C(O)CCCCO/N=C(/Cn1ccnc1)c1cccnc1. The van der Waals surface area contributed by atoms with Gasteiger partial charge in [-0.1, -0.05) is 5.16 Å². The zero-order chi connectivity index (χ0) is 15.6. The van der Waals surface area contributed by atoms with E-state index in [1.54, 1.807) is 24.9 Å². The summed E-state index contributed by atoms with van der Waals surface area (Å²) in [5.41, 5.74) is 1.62. The van der Waals surface area contributed by atoms with Crippen LogP contribution in [0.4, 0.5) is 0 Å². The molecule has 0 aliphatic carbocycles. The first-order chi connectivity index (χ1) is 10.8. The van der Waals surface area contributed by atoms with E-state index in [-0.39, 0.29) is 6.42 Å². The van der Waals surface area contributed by atoms with Gasteiger partial charge in [0.15, 0.2) is 0 Å². The van der Waals surface area contributed by atoms with Gasteiger partial charge in [0.05, 0.1) is 12.9 Å². The summed E-state index contributed by atoms with van der Waals surface area (Å²) in [7, 11) is 0. The molecule has 0 saturated carbocycles. The van der Waals surface area contributed by atoms with Gasteiger partial charge in [-0.25, -0.2) is 4.98 Å². The molecule has 0 spiro atoms. The molecule has 0 atom stereocenters. The maximum Gasteiger partial charge on any atom is 0.303 e. The second-order valence-electron chi connectivity index (χ2n) is 4.70. The molecule has 2 rings (SSSR count). The van der Waals surface area contributed by atoms with Crippen LogP contribution in [0.25, 0.3) is 0 Å². The Morgan fingerprint density at radius 3 is 2.91 bits per heavy atom. The van der Waals surface area contributed by atoms with Crippen LogP contribution in [0, 0.1) is 0 Å². The molecule has 0 aliphatic heterocycles. The number of aromatic nitrogens is 3. The highest BCUT2D eigenvalue weighted by Crippen LogP contribution is 2.04. The third-order valence-electron chi connectivity index (χ3n) is 2.94. The van der Waals surface area contributed by atoms with Gasteiger partial charge in [0.2, 0.25) is 0 Å². The molecule has 1 N–H and O–H groups in total. The van der Waals surface area contributed by atoms with E-state index in [1.807, 2.05) is 22.9 Å². The van der Waals surface area contributed by atoms with E-state index in [2.05, 4.69) is 15.1 Å². The van der Waals surface area contributed by atoms with Crippen molar-refractivity contribution in [1.82, 2.24) is 14.5 Å². The van der Waals surface area contributed by atoms with Crippen LogP contribution in [-0.2, 0) is 16.2 Å². The van der Waals surface area contributed by atoms with Crippen molar-refractivity contribution < 1.29 is 14.7 Å². The zero-order valence-electron chi connectivity index (χ0n) is 12.1. The van der Waals surface area contributed by atoms with Crippen LogP contribution in [0.3, 0.4) is 0 Å². The van der Waals surface area contributed by atoms with E-state index in [0.717, 1.165) is 11.3 Å². The van der Waals surface area contributed by atoms with E-state index >= 15 is 0 Å².